The minimum atomic E-state index is -3.41. The second kappa shape index (κ2) is 7.12. The Hall–Kier alpha value is -1.58. The van der Waals surface area contributed by atoms with Crippen molar-refractivity contribution < 1.29 is 19.0 Å². The standard InChI is InChI=1S/C16H22NO4P/c1-3-14-12-15(14)17(16(18)19)22(20,21-4-2)11-10-13-8-6-5-7-9-13/h3,5-9,14-15H,1,4,10-12H2,2H3,(H,18,19). The lowest BCUT2D eigenvalue weighted by Gasteiger charge is -2.29. The van der Waals surface area contributed by atoms with Crippen molar-refractivity contribution >= 4 is 13.6 Å². The van der Waals surface area contributed by atoms with Gasteiger partial charge in [-0.15, -0.1) is 6.58 Å². The van der Waals surface area contributed by atoms with Crippen molar-refractivity contribution in [3.8, 4) is 0 Å². The molecule has 120 valence electrons. The summed E-state index contributed by atoms with van der Waals surface area (Å²) >= 11 is 0. The van der Waals surface area contributed by atoms with E-state index in [0.717, 1.165) is 10.2 Å². The minimum absolute atomic E-state index is 0.0709. The molecule has 3 unspecified atom stereocenters. The predicted molar refractivity (Wildman–Crippen MR) is 86.2 cm³/mol. The Kier molecular flexibility index (Phi) is 5.43. The second-order valence-corrected chi connectivity index (χ2v) is 7.76. The van der Waals surface area contributed by atoms with Gasteiger partial charge in [0.2, 0.25) is 0 Å². The summed E-state index contributed by atoms with van der Waals surface area (Å²) in [5, 5.41) is 9.50. The van der Waals surface area contributed by atoms with Crippen molar-refractivity contribution in [1.29, 1.82) is 0 Å². The van der Waals surface area contributed by atoms with Crippen LogP contribution in [0.25, 0.3) is 0 Å². The van der Waals surface area contributed by atoms with E-state index in [9.17, 15) is 14.5 Å². The highest BCUT2D eigenvalue weighted by atomic mass is 31.2. The molecule has 1 N–H and O–H groups in total. The molecule has 0 radical (unpaired) electrons. The second-order valence-electron chi connectivity index (χ2n) is 5.34. The van der Waals surface area contributed by atoms with E-state index in [2.05, 4.69) is 6.58 Å². The van der Waals surface area contributed by atoms with Gasteiger partial charge in [-0.3, -0.25) is 4.57 Å². The van der Waals surface area contributed by atoms with Gasteiger partial charge >= 0.3 is 13.6 Å². The van der Waals surface area contributed by atoms with Crippen LogP contribution >= 0.6 is 7.52 Å². The molecule has 5 nitrogen and oxygen atoms in total. The van der Waals surface area contributed by atoms with E-state index >= 15 is 0 Å². The lowest BCUT2D eigenvalue weighted by molar-refractivity contribution is 0.160. The molecule has 0 spiro atoms. The molecule has 0 bridgehead atoms. The van der Waals surface area contributed by atoms with Gasteiger partial charge in [-0.2, -0.15) is 0 Å². The number of hydrogen-bond acceptors (Lipinski definition) is 3. The van der Waals surface area contributed by atoms with Gasteiger partial charge in [0.1, 0.15) is 0 Å². The molecular weight excluding hydrogens is 301 g/mol. The first-order valence-corrected chi connectivity index (χ1v) is 9.21. The van der Waals surface area contributed by atoms with Crippen molar-refractivity contribution in [3.63, 3.8) is 0 Å². The third-order valence-electron chi connectivity index (χ3n) is 3.80. The quantitative estimate of drug-likeness (QED) is 0.580. The normalized spacial score (nSPS) is 22.6. The number of rotatable bonds is 8. The first kappa shape index (κ1) is 16.8. The summed E-state index contributed by atoms with van der Waals surface area (Å²) in [6, 6.07) is 9.32. The van der Waals surface area contributed by atoms with Gasteiger partial charge in [-0.05, 0) is 31.2 Å². The Balaban J connectivity index is 2.16. The largest absolute Gasteiger partial charge is 0.465 e. The van der Waals surface area contributed by atoms with E-state index in [0.29, 0.717) is 12.8 Å². The van der Waals surface area contributed by atoms with Gasteiger partial charge in [0.05, 0.1) is 12.6 Å². The number of benzene rings is 1. The smallest absolute Gasteiger partial charge is 0.414 e. The van der Waals surface area contributed by atoms with Gasteiger partial charge in [0.25, 0.3) is 0 Å². The van der Waals surface area contributed by atoms with E-state index in [-0.39, 0.29) is 24.7 Å². The first-order valence-electron chi connectivity index (χ1n) is 7.44. The molecule has 1 aromatic rings. The Morgan fingerprint density at radius 2 is 2.18 bits per heavy atom. The van der Waals surface area contributed by atoms with Crippen LogP contribution < -0.4 is 0 Å². The molecule has 1 aliphatic carbocycles. The van der Waals surface area contributed by atoms with Crippen molar-refractivity contribution in [2.45, 2.75) is 25.8 Å². The molecule has 2 rings (SSSR count). The number of nitrogens with zero attached hydrogens (tertiary/aromatic N) is 1. The maximum Gasteiger partial charge on any atom is 0.414 e. The Morgan fingerprint density at radius 3 is 2.68 bits per heavy atom. The molecule has 0 aromatic heterocycles. The van der Waals surface area contributed by atoms with Crippen molar-refractivity contribution in [2.24, 2.45) is 5.92 Å². The molecule has 0 saturated heterocycles. The summed E-state index contributed by atoms with van der Waals surface area (Å²) in [5.41, 5.74) is 1.02. The SMILES string of the molecule is C=CC1CC1N(C(=O)O)P(=O)(CCc1ccccc1)OCC. The molecule has 1 aliphatic rings. The van der Waals surface area contributed by atoms with Gasteiger partial charge in [-0.1, -0.05) is 36.4 Å². The molecule has 6 heteroatoms. The van der Waals surface area contributed by atoms with Crippen LogP contribution in [0.3, 0.4) is 0 Å². The molecule has 1 amide bonds. The van der Waals surface area contributed by atoms with Crippen LogP contribution in [0.1, 0.15) is 18.9 Å². The molecule has 1 aromatic carbocycles. The number of carboxylic acid groups (broad SMARTS) is 1. The average molecular weight is 323 g/mol. The fraction of sp³-hybridized carbons (Fsp3) is 0.438. The van der Waals surface area contributed by atoms with E-state index in [1.165, 1.54) is 0 Å². The maximum atomic E-state index is 13.2. The molecule has 0 aliphatic heterocycles. The van der Waals surface area contributed by atoms with Crippen molar-refractivity contribution in [2.75, 3.05) is 12.8 Å². The zero-order chi connectivity index (χ0) is 16.2. The molecule has 0 heterocycles. The third kappa shape index (κ3) is 3.79. The van der Waals surface area contributed by atoms with Gasteiger partial charge in [0, 0.05) is 6.16 Å². The van der Waals surface area contributed by atoms with E-state index in [1.54, 1.807) is 13.0 Å². The number of carbonyl (C=O) groups is 1. The van der Waals surface area contributed by atoms with Gasteiger partial charge in [-0.25, -0.2) is 9.46 Å². The maximum absolute atomic E-state index is 13.2. The summed E-state index contributed by atoms with van der Waals surface area (Å²) in [6.07, 6.45) is 1.91. The first-order chi connectivity index (χ1) is 10.5. The topological polar surface area (TPSA) is 66.8 Å². The van der Waals surface area contributed by atoms with Crippen LogP contribution in [0, 0.1) is 5.92 Å². The van der Waals surface area contributed by atoms with Crippen molar-refractivity contribution in [1.82, 2.24) is 4.67 Å². The zero-order valence-electron chi connectivity index (χ0n) is 12.7. The van der Waals surface area contributed by atoms with Crippen LogP contribution in [0.2, 0.25) is 0 Å². The number of aryl methyl sites for hydroxylation is 1. The number of hydrogen-bond donors (Lipinski definition) is 1. The third-order valence-corrected chi connectivity index (χ3v) is 6.38. The zero-order valence-corrected chi connectivity index (χ0v) is 13.6. The van der Waals surface area contributed by atoms with E-state index < -0.39 is 13.6 Å². The summed E-state index contributed by atoms with van der Waals surface area (Å²) < 4.78 is 19.6. The fourth-order valence-corrected chi connectivity index (χ4v) is 4.98. The summed E-state index contributed by atoms with van der Waals surface area (Å²) in [4.78, 5) is 11.6. The minimum Gasteiger partial charge on any atom is -0.465 e. The van der Waals surface area contributed by atoms with Crippen LogP contribution in [-0.2, 0) is 15.5 Å². The van der Waals surface area contributed by atoms with Gasteiger partial charge < -0.3 is 9.63 Å². The highest BCUT2D eigenvalue weighted by Gasteiger charge is 2.50. The van der Waals surface area contributed by atoms with Crippen LogP contribution in [0.4, 0.5) is 4.79 Å². The fourth-order valence-electron chi connectivity index (χ4n) is 2.58. The summed E-state index contributed by atoms with van der Waals surface area (Å²) in [6.45, 7) is 5.64. The summed E-state index contributed by atoms with van der Waals surface area (Å²) in [5.74, 6) is 0.0709. The van der Waals surface area contributed by atoms with Crippen LogP contribution in [0.5, 0.6) is 0 Å². The molecule has 22 heavy (non-hydrogen) atoms. The highest BCUT2D eigenvalue weighted by molar-refractivity contribution is 7.57. The molecule has 1 saturated carbocycles. The summed E-state index contributed by atoms with van der Waals surface area (Å²) in [7, 11) is -3.41. The van der Waals surface area contributed by atoms with Gasteiger partial charge in [0.15, 0.2) is 0 Å². The molecular formula is C16H22NO4P. The lowest BCUT2D eigenvalue weighted by Crippen LogP contribution is -2.32. The van der Waals surface area contributed by atoms with E-state index in [4.69, 9.17) is 4.52 Å². The van der Waals surface area contributed by atoms with Crippen LogP contribution in [-0.4, -0.2) is 34.7 Å². The van der Waals surface area contributed by atoms with E-state index in [1.807, 2.05) is 30.3 Å². The molecule has 3 atom stereocenters. The number of amides is 1. The Bertz CT molecular complexity index is 575. The predicted octanol–water partition coefficient (Wildman–Crippen LogP) is 4.01. The Labute approximate surface area is 131 Å². The Morgan fingerprint density at radius 1 is 1.50 bits per heavy atom. The monoisotopic (exact) mass is 323 g/mol. The lowest BCUT2D eigenvalue weighted by atomic mass is 10.2. The average Bonchev–Trinajstić information content (AvgIpc) is 3.25. The highest BCUT2D eigenvalue weighted by Crippen LogP contribution is 2.57. The van der Waals surface area contributed by atoms with Crippen LogP contribution in [0.15, 0.2) is 43.0 Å². The molecule has 1 fully saturated rings. The van der Waals surface area contributed by atoms with Crippen molar-refractivity contribution in [3.05, 3.63) is 48.6 Å².